The van der Waals surface area contributed by atoms with Gasteiger partial charge in [0.25, 0.3) is 0 Å². The Bertz CT molecular complexity index is 1290. The molecule has 242 valence electrons. The third kappa shape index (κ3) is 9.48. The molecule has 0 bridgehead atoms. The number of ether oxygens (including phenoxy) is 3. The fourth-order valence-corrected chi connectivity index (χ4v) is 6.52. The molecule has 0 atom stereocenters. The second kappa shape index (κ2) is 14.5. The Morgan fingerprint density at radius 3 is 2.18 bits per heavy atom. The van der Waals surface area contributed by atoms with Crippen molar-refractivity contribution >= 4 is 41.0 Å². The maximum Gasteiger partial charge on any atom is 0.411 e. The van der Waals surface area contributed by atoms with Crippen LogP contribution in [0.1, 0.15) is 85.1 Å². The average molecular weight is 630 g/mol. The van der Waals surface area contributed by atoms with E-state index in [1.165, 1.54) is 0 Å². The van der Waals surface area contributed by atoms with E-state index in [-0.39, 0.29) is 30.4 Å². The second-order valence-corrected chi connectivity index (χ2v) is 14.0. The Hall–Kier alpha value is -3.54. The van der Waals surface area contributed by atoms with Crippen molar-refractivity contribution in [3.8, 4) is 10.4 Å². The zero-order chi connectivity index (χ0) is 32.0. The van der Waals surface area contributed by atoms with Gasteiger partial charge in [-0.1, -0.05) is 0 Å². The molecule has 2 aliphatic rings. The number of carbonyl (C=O) groups is 3. The van der Waals surface area contributed by atoms with E-state index in [0.717, 1.165) is 46.8 Å². The molecule has 2 heterocycles. The number of nitrogens with zero attached hydrogens (tertiary/aromatic N) is 3. The molecule has 12 heteroatoms. The van der Waals surface area contributed by atoms with E-state index >= 15 is 0 Å². The predicted octanol–water partition coefficient (Wildman–Crippen LogP) is 6.98. The van der Waals surface area contributed by atoms with E-state index in [0.29, 0.717) is 37.8 Å². The number of rotatable bonds is 7. The number of benzene rings is 1. The zero-order valence-corrected chi connectivity index (χ0v) is 27.8. The van der Waals surface area contributed by atoms with Crippen LogP contribution in [-0.4, -0.2) is 78.2 Å². The van der Waals surface area contributed by atoms with Gasteiger partial charge in [0.2, 0.25) is 0 Å². The summed E-state index contributed by atoms with van der Waals surface area (Å²) in [6.07, 6.45) is 4.05. The van der Waals surface area contributed by atoms with E-state index in [2.05, 4.69) is 15.5 Å². The van der Waals surface area contributed by atoms with Gasteiger partial charge in [-0.25, -0.2) is 19.4 Å². The van der Waals surface area contributed by atoms with E-state index in [9.17, 15) is 14.4 Å². The number of anilines is 2. The molecule has 4 rings (SSSR count). The quantitative estimate of drug-likeness (QED) is 0.315. The minimum Gasteiger partial charge on any atom is -0.447 e. The molecule has 2 aromatic rings. The van der Waals surface area contributed by atoms with Gasteiger partial charge in [0.05, 0.1) is 22.1 Å². The van der Waals surface area contributed by atoms with Crippen molar-refractivity contribution in [3.63, 3.8) is 0 Å². The molecular weight excluding hydrogens is 582 g/mol. The molecule has 1 aromatic heterocycles. The van der Waals surface area contributed by atoms with Crippen LogP contribution in [0, 0.1) is 0 Å². The Labute approximate surface area is 264 Å². The largest absolute Gasteiger partial charge is 0.447 e. The van der Waals surface area contributed by atoms with Gasteiger partial charge in [-0.05, 0) is 92.3 Å². The molecule has 2 N–H and O–H groups in total. The monoisotopic (exact) mass is 629 g/mol. The molecular formula is C32H47N5O6S. The molecule has 1 saturated heterocycles. The molecule has 1 aliphatic heterocycles. The first-order valence-electron chi connectivity index (χ1n) is 15.5. The summed E-state index contributed by atoms with van der Waals surface area (Å²) in [5.41, 5.74) is 2.07. The normalized spacial score (nSPS) is 19.1. The van der Waals surface area contributed by atoms with Crippen LogP contribution in [0.15, 0.2) is 24.4 Å². The third-order valence-electron chi connectivity index (χ3n) is 7.39. The lowest BCUT2D eigenvalue weighted by Gasteiger charge is -2.37. The summed E-state index contributed by atoms with van der Waals surface area (Å²) in [6, 6.07) is 5.97. The molecule has 1 aliphatic carbocycles. The van der Waals surface area contributed by atoms with Gasteiger partial charge in [-0.15, -0.1) is 11.3 Å². The summed E-state index contributed by atoms with van der Waals surface area (Å²) in [6.45, 7) is 15.2. The first-order valence-corrected chi connectivity index (χ1v) is 16.4. The number of piperazine rings is 1. The van der Waals surface area contributed by atoms with E-state index in [4.69, 9.17) is 19.2 Å². The summed E-state index contributed by atoms with van der Waals surface area (Å²) >= 11 is 1.69. The van der Waals surface area contributed by atoms with Crippen LogP contribution in [0.4, 0.5) is 25.8 Å². The highest BCUT2D eigenvalue weighted by atomic mass is 32.1. The third-order valence-corrected chi connectivity index (χ3v) is 8.58. The van der Waals surface area contributed by atoms with E-state index in [1.54, 1.807) is 16.2 Å². The van der Waals surface area contributed by atoms with E-state index < -0.39 is 11.7 Å². The number of alkyl carbamates (subject to hydrolysis) is 1. The molecule has 11 nitrogen and oxygen atoms in total. The van der Waals surface area contributed by atoms with Crippen LogP contribution in [-0.2, 0) is 14.2 Å². The van der Waals surface area contributed by atoms with Crippen molar-refractivity contribution in [3.05, 3.63) is 29.4 Å². The van der Waals surface area contributed by atoms with Gasteiger partial charge in [0, 0.05) is 61.3 Å². The van der Waals surface area contributed by atoms with Crippen molar-refractivity contribution in [1.29, 1.82) is 0 Å². The molecule has 2 fully saturated rings. The average Bonchev–Trinajstić information content (AvgIpc) is 3.42. The van der Waals surface area contributed by atoms with Crippen LogP contribution >= 0.6 is 11.3 Å². The van der Waals surface area contributed by atoms with Gasteiger partial charge < -0.3 is 29.3 Å². The fourth-order valence-electron chi connectivity index (χ4n) is 5.40. The van der Waals surface area contributed by atoms with Crippen LogP contribution < -0.4 is 15.5 Å². The Morgan fingerprint density at radius 1 is 0.932 bits per heavy atom. The van der Waals surface area contributed by atoms with Crippen molar-refractivity contribution in [1.82, 2.24) is 15.2 Å². The number of carbonyl (C=O) groups excluding carboxylic acids is 3. The lowest BCUT2D eigenvalue weighted by Crippen LogP contribution is -2.50. The molecule has 44 heavy (non-hydrogen) atoms. The molecule has 0 unspecified atom stereocenters. The Kier molecular flexibility index (Phi) is 11.0. The van der Waals surface area contributed by atoms with Crippen LogP contribution in [0.25, 0.3) is 10.4 Å². The minimum atomic E-state index is -0.550. The summed E-state index contributed by atoms with van der Waals surface area (Å²) in [5, 5.41) is 6.93. The molecule has 1 saturated carbocycles. The second-order valence-electron chi connectivity index (χ2n) is 13.0. The molecule has 1 aromatic carbocycles. The van der Waals surface area contributed by atoms with Crippen molar-refractivity contribution in [2.45, 2.75) is 104 Å². The first kappa shape index (κ1) is 33.4. The fraction of sp³-hybridized carbons (Fsp3) is 0.625. The molecule has 0 spiro atoms. The maximum atomic E-state index is 12.7. The van der Waals surface area contributed by atoms with Crippen LogP contribution in [0.2, 0.25) is 0 Å². The highest BCUT2D eigenvalue weighted by Crippen LogP contribution is 2.41. The minimum absolute atomic E-state index is 0.116. The van der Waals surface area contributed by atoms with Gasteiger partial charge in [0.1, 0.15) is 5.60 Å². The topological polar surface area (TPSA) is 122 Å². The SMILES string of the molecule is CC(C)OC(=O)Nc1ccc(-c2cnc([C@H]3CC[C@H](NC(=O)OC(C)C)CC3)s2)c(N2CCN(C(=O)OC(C)(C)C)CC2)c1. The maximum absolute atomic E-state index is 12.7. The van der Waals surface area contributed by atoms with Crippen LogP contribution in [0.5, 0.6) is 0 Å². The lowest BCUT2D eigenvalue weighted by atomic mass is 9.86. The Morgan fingerprint density at radius 2 is 1.57 bits per heavy atom. The predicted molar refractivity (Wildman–Crippen MR) is 173 cm³/mol. The molecule has 3 amide bonds. The number of nitrogens with one attached hydrogen (secondary N) is 2. The van der Waals surface area contributed by atoms with Crippen molar-refractivity contribution in [2.75, 3.05) is 36.4 Å². The van der Waals surface area contributed by atoms with Gasteiger partial charge >= 0.3 is 18.3 Å². The summed E-state index contributed by atoms with van der Waals surface area (Å²) in [7, 11) is 0. The summed E-state index contributed by atoms with van der Waals surface area (Å²) < 4.78 is 16.1. The van der Waals surface area contributed by atoms with Gasteiger partial charge in [-0.2, -0.15) is 0 Å². The van der Waals surface area contributed by atoms with Crippen LogP contribution in [0.3, 0.4) is 0 Å². The first-order chi connectivity index (χ1) is 20.8. The van der Waals surface area contributed by atoms with E-state index in [1.807, 2.05) is 72.9 Å². The van der Waals surface area contributed by atoms with Gasteiger partial charge in [-0.3, -0.25) is 5.32 Å². The number of aromatic nitrogens is 1. The number of hydrogen-bond donors (Lipinski definition) is 2. The van der Waals surface area contributed by atoms with Crippen molar-refractivity contribution < 1.29 is 28.6 Å². The summed E-state index contributed by atoms with van der Waals surface area (Å²) in [4.78, 5) is 46.9. The van der Waals surface area contributed by atoms with Crippen molar-refractivity contribution in [2.24, 2.45) is 0 Å². The zero-order valence-electron chi connectivity index (χ0n) is 27.0. The van der Waals surface area contributed by atoms with Gasteiger partial charge in [0.15, 0.2) is 0 Å². The number of hydrogen-bond acceptors (Lipinski definition) is 9. The smallest absolute Gasteiger partial charge is 0.411 e. The highest BCUT2D eigenvalue weighted by Gasteiger charge is 2.29. The standard InChI is InChI=1S/C32H47N5O6S/c1-20(2)41-29(38)34-23-10-8-22(9-11-23)28-33-19-27(44-28)25-13-12-24(35-30(39)42-21(3)4)18-26(25)36-14-16-37(17-15-36)31(40)43-32(5,6)7/h12-13,18-23H,8-11,14-17H2,1-7H3,(H,34,38)(H,35,39)/t22-,23-. The Balaban J connectivity index is 1.49. The lowest BCUT2D eigenvalue weighted by molar-refractivity contribution is 0.0240. The highest BCUT2D eigenvalue weighted by molar-refractivity contribution is 7.15. The number of thiazole rings is 1. The summed E-state index contributed by atoms with van der Waals surface area (Å²) in [5.74, 6) is 0.334. The molecule has 0 radical (unpaired) electrons. The number of amides is 3.